The molecule has 5 heteroatoms. The van der Waals surface area contributed by atoms with Crippen LogP contribution in [0.1, 0.15) is 37.0 Å². The second kappa shape index (κ2) is 6.17. The molecular weight excluding hydrogens is 312 g/mol. The van der Waals surface area contributed by atoms with Gasteiger partial charge in [0.25, 0.3) is 0 Å². The van der Waals surface area contributed by atoms with E-state index in [9.17, 15) is 4.79 Å². The fourth-order valence-corrected chi connectivity index (χ4v) is 3.98. The molecule has 0 aliphatic heterocycles. The zero-order chi connectivity index (χ0) is 13.0. The van der Waals surface area contributed by atoms with Crippen molar-refractivity contribution in [1.82, 2.24) is 5.32 Å². The third-order valence-electron chi connectivity index (χ3n) is 3.74. The smallest absolute Gasteiger partial charge is 0.227 e. The van der Waals surface area contributed by atoms with Crippen molar-refractivity contribution in [1.29, 1.82) is 0 Å². The first-order valence-corrected chi connectivity index (χ1v) is 8.00. The van der Waals surface area contributed by atoms with E-state index in [1.54, 1.807) is 11.3 Å². The standard InChI is InChI=1S/C13H19BrN2OS/c14-11-5-4-10(18-11)8-16-12(17)13(9-15)6-2-1-3-7-13/h4-5H,1-3,6-9,15H2,(H,16,17). The number of carbonyl (C=O) groups excluding carboxylic acids is 1. The van der Waals surface area contributed by atoms with Crippen LogP contribution in [0.4, 0.5) is 0 Å². The van der Waals surface area contributed by atoms with Gasteiger partial charge in [-0.1, -0.05) is 19.3 Å². The molecule has 0 bridgehead atoms. The zero-order valence-electron chi connectivity index (χ0n) is 10.4. The number of nitrogens with two attached hydrogens (primary N) is 1. The van der Waals surface area contributed by atoms with Crippen molar-refractivity contribution in [3.05, 3.63) is 20.8 Å². The van der Waals surface area contributed by atoms with Crippen LogP contribution in [0.2, 0.25) is 0 Å². The summed E-state index contributed by atoms with van der Waals surface area (Å²) in [4.78, 5) is 13.5. The molecule has 0 saturated heterocycles. The summed E-state index contributed by atoms with van der Waals surface area (Å²) in [6.07, 6.45) is 5.34. The van der Waals surface area contributed by atoms with E-state index in [4.69, 9.17) is 5.73 Å². The molecule has 18 heavy (non-hydrogen) atoms. The van der Waals surface area contributed by atoms with Gasteiger partial charge in [0, 0.05) is 11.4 Å². The highest BCUT2D eigenvalue weighted by Crippen LogP contribution is 2.35. The number of hydrogen-bond donors (Lipinski definition) is 2. The van der Waals surface area contributed by atoms with E-state index in [0.29, 0.717) is 13.1 Å². The monoisotopic (exact) mass is 330 g/mol. The maximum atomic E-state index is 12.3. The summed E-state index contributed by atoms with van der Waals surface area (Å²) in [5, 5.41) is 3.04. The quantitative estimate of drug-likeness (QED) is 0.891. The molecule has 3 nitrogen and oxygen atoms in total. The summed E-state index contributed by atoms with van der Waals surface area (Å²) < 4.78 is 1.10. The van der Waals surface area contributed by atoms with Gasteiger partial charge < -0.3 is 11.1 Å². The van der Waals surface area contributed by atoms with Gasteiger partial charge in [0.05, 0.1) is 15.7 Å². The van der Waals surface area contributed by atoms with Gasteiger partial charge in [-0.05, 0) is 40.9 Å². The van der Waals surface area contributed by atoms with Gasteiger partial charge in [0.15, 0.2) is 0 Å². The number of rotatable bonds is 4. The SMILES string of the molecule is NCC1(C(=O)NCc2ccc(Br)s2)CCCCC1. The molecule has 1 heterocycles. The molecule has 0 unspecified atom stereocenters. The molecule has 1 aromatic heterocycles. The lowest BCUT2D eigenvalue weighted by Crippen LogP contribution is -2.46. The van der Waals surface area contributed by atoms with Crippen LogP contribution in [0.25, 0.3) is 0 Å². The van der Waals surface area contributed by atoms with Gasteiger partial charge in [0.1, 0.15) is 0 Å². The lowest BCUT2D eigenvalue weighted by Gasteiger charge is -2.34. The van der Waals surface area contributed by atoms with Crippen LogP contribution in [0, 0.1) is 5.41 Å². The first kappa shape index (κ1) is 14.0. The van der Waals surface area contributed by atoms with Gasteiger partial charge in [-0.3, -0.25) is 4.79 Å². The van der Waals surface area contributed by atoms with Crippen molar-refractivity contribution in [2.75, 3.05) is 6.54 Å². The van der Waals surface area contributed by atoms with Crippen LogP contribution in [-0.4, -0.2) is 12.5 Å². The van der Waals surface area contributed by atoms with Crippen LogP contribution in [0.3, 0.4) is 0 Å². The first-order valence-electron chi connectivity index (χ1n) is 6.39. The van der Waals surface area contributed by atoms with Crippen molar-refractivity contribution in [2.45, 2.75) is 38.6 Å². The first-order chi connectivity index (χ1) is 8.66. The van der Waals surface area contributed by atoms with Crippen molar-refractivity contribution in [3.8, 4) is 0 Å². The van der Waals surface area contributed by atoms with Crippen molar-refractivity contribution >= 4 is 33.2 Å². The topological polar surface area (TPSA) is 55.1 Å². The third-order valence-corrected chi connectivity index (χ3v) is 5.36. The van der Waals surface area contributed by atoms with E-state index in [2.05, 4.69) is 21.2 Å². The van der Waals surface area contributed by atoms with Crippen LogP contribution < -0.4 is 11.1 Å². The molecule has 100 valence electrons. The van der Waals surface area contributed by atoms with E-state index < -0.39 is 0 Å². The number of nitrogens with one attached hydrogen (secondary N) is 1. The molecule has 1 amide bonds. The Kier molecular flexibility index (Phi) is 4.81. The molecule has 1 saturated carbocycles. The molecule has 1 aromatic rings. The summed E-state index contributed by atoms with van der Waals surface area (Å²) >= 11 is 5.08. The fraction of sp³-hybridized carbons (Fsp3) is 0.615. The van der Waals surface area contributed by atoms with Crippen molar-refractivity contribution in [3.63, 3.8) is 0 Å². The molecule has 1 aliphatic carbocycles. The van der Waals surface area contributed by atoms with Crippen LogP contribution >= 0.6 is 27.3 Å². The van der Waals surface area contributed by atoms with Gasteiger partial charge in [-0.25, -0.2) is 0 Å². The Hall–Kier alpha value is -0.390. The summed E-state index contributed by atoms with van der Waals surface area (Å²) in [6, 6.07) is 4.04. The largest absolute Gasteiger partial charge is 0.351 e. The van der Waals surface area contributed by atoms with E-state index >= 15 is 0 Å². The Morgan fingerprint density at radius 3 is 2.67 bits per heavy atom. The van der Waals surface area contributed by atoms with Crippen LogP contribution in [-0.2, 0) is 11.3 Å². The number of thiophene rings is 1. The van der Waals surface area contributed by atoms with Crippen LogP contribution in [0.5, 0.6) is 0 Å². The van der Waals surface area contributed by atoms with Crippen molar-refractivity contribution in [2.24, 2.45) is 11.1 Å². The number of amides is 1. The molecule has 3 N–H and O–H groups in total. The second-order valence-corrected chi connectivity index (χ2v) is 7.48. The van der Waals surface area contributed by atoms with Gasteiger partial charge in [-0.15, -0.1) is 11.3 Å². The van der Waals surface area contributed by atoms with Gasteiger partial charge in [0.2, 0.25) is 5.91 Å². The third kappa shape index (κ3) is 3.13. The fourth-order valence-electron chi connectivity index (χ4n) is 2.55. The minimum atomic E-state index is -0.313. The number of carbonyl (C=O) groups is 1. The second-order valence-electron chi connectivity index (χ2n) is 4.93. The molecular formula is C13H19BrN2OS. The Labute approximate surface area is 120 Å². The highest BCUT2D eigenvalue weighted by Gasteiger charge is 2.37. The van der Waals surface area contributed by atoms with Crippen molar-refractivity contribution < 1.29 is 4.79 Å². The molecule has 0 atom stereocenters. The molecule has 0 radical (unpaired) electrons. The highest BCUT2D eigenvalue weighted by molar-refractivity contribution is 9.11. The Bertz CT molecular complexity index is 413. The van der Waals surface area contributed by atoms with Gasteiger partial charge in [-0.2, -0.15) is 0 Å². The van der Waals surface area contributed by atoms with Crippen LogP contribution in [0.15, 0.2) is 15.9 Å². The highest BCUT2D eigenvalue weighted by atomic mass is 79.9. The molecule has 0 aromatic carbocycles. The Morgan fingerprint density at radius 1 is 1.39 bits per heavy atom. The predicted molar refractivity (Wildman–Crippen MR) is 78.4 cm³/mol. The number of hydrogen-bond acceptors (Lipinski definition) is 3. The number of halogens is 1. The maximum absolute atomic E-state index is 12.3. The summed E-state index contributed by atoms with van der Waals surface area (Å²) in [5.41, 5.74) is 5.53. The van der Waals surface area contributed by atoms with E-state index in [-0.39, 0.29) is 11.3 Å². The predicted octanol–water partition coefficient (Wildman–Crippen LogP) is 3.04. The molecule has 1 aliphatic rings. The molecule has 2 rings (SSSR count). The minimum Gasteiger partial charge on any atom is -0.351 e. The Morgan fingerprint density at radius 2 is 2.11 bits per heavy atom. The molecule has 0 spiro atoms. The zero-order valence-corrected chi connectivity index (χ0v) is 12.8. The Balaban J connectivity index is 1.93. The molecule has 1 fully saturated rings. The van der Waals surface area contributed by atoms with E-state index in [0.717, 1.165) is 29.5 Å². The average Bonchev–Trinajstić information content (AvgIpc) is 2.82. The van der Waals surface area contributed by atoms with E-state index in [1.165, 1.54) is 11.3 Å². The summed E-state index contributed by atoms with van der Waals surface area (Å²) in [6.45, 7) is 1.07. The van der Waals surface area contributed by atoms with Gasteiger partial charge >= 0.3 is 0 Å². The lowest BCUT2D eigenvalue weighted by molar-refractivity contribution is -0.132. The summed E-state index contributed by atoms with van der Waals surface area (Å²) in [7, 11) is 0. The average molecular weight is 331 g/mol. The normalized spacial score (nSPS) is 18.6. The van der Waals surface area contributed by atoms with E-state index in [1.807, 2.05) is 12.1 Å². The lowest BCUT2D eigenvalue weighted by atomic mass is 9.73. The minimum absolute atomic E-state index is 0.134. The summed E-state index contributed by atoms with van der Waals surface area (Å²) in [5.74, 6) is 0.134. The maximum Gasteiger partial charge on any atom is 0.227 e.